The van der Waals surface area contributed by atoms with Crippen LogP contribution in [0.25, 0.3) is 66.3 Å². The molecular weight excluding hydrogens is 1240 g/mol. The number of hydrogen-bond acceptors (Lipinski definition) is 6. The molecule has 0 aromatic heterocycles. The first kappa shape index (κ1) is 86.4. The van der Waals surface area contributed by atoms with Gasteiger partial charge in [-0.3, -0.25) is 0 Å². The second-order valence-electron chi connectivity index (χ2n) is 14.6. The van der Waals surface area contributed by atoms with Crippen LogP contribution in [0, 0.1) is 40.3 Å². The number of benzene rings is 6. The molecule has 0 saturated heterocycles. The Kier molecular flexibility index (Phi) is 59.2. The molecule has 0 aliphatic rings. The fourth-order valence-electron chi connectivity index (χ4n) is 5.63. The van der Waals surface area contributed by atoms with Gasteiger partial charge < -0.3 is 66.3 Å². The van der Waals surface area contributed by atoms with Gasteiger partial charge in [-0.25, -0.2) is 0 Å². The number of nitrogens with one attached hydrogen (secondary N) is 6. The van der Waals surface area contributed by atoms with Crippen molar-refractivity contribution in [1.82, 2.24) is 33.6 Å². The molecular formula is C46H48Fe6N18O6. The fourth-order valence-corrected chi connectivity index (χ4v) is 5.63. The minimum atomic E-state index is -0.410. The molecule has 24 nitrogen and oxygen atoms in total. The first-order valence-corrected chi connectivity index (χ1v) is 19.9. The van der Waals surface area contributed by atoms with E-state index in [9.17, 15) is 0 Å². The molecule has 0 fully saturated rings. The molecule has 76 heavy (non-hydrogen) atoms. The predicted molar refractivity (Wildman–Crippen MR) is 279 cm³/mol. The largest absolute Gasteiger partial charge is 2.00 e. The van der Waals surface area contributed by atoms with Crippen LogP contribution in [-0.2, 0) is 102 Å². The van der Waals surface area contributed by atoms with Crippen LogP contribution in [0.3, 0.4) is 0 Å². The summed E-state index contributed by atoms with van der Waals surface area (Å²) in [5.41, 5.74) is 87.9. The summed E-state index contributed by atoms with van der Waals surface area (Å²) in [5, 5.41) is 27.9. The van der Waals surface area contributed by atoms with E-state index >= 15 is 0 Å². The number of nitroso groups, excluding NO2 is 6. The van der Waals surface area contributed by atoms with E-state index < -0.39 is 10.8 Å². The maximum Gasteiger partial charge on any atom is 2.00 e. The Balaban J connectivity index is -0.000000159. The van der Waals surface area contributed by atoms with E-state index in [1.165, 1.54) is 0 Å². The van der Waals surface area contributed by atoms with Crippen molar-refractivity contribution in [1.29, 1.82) is 0 Å². The van der Waals surface area contributed by atoms with E-state index in [1.54, 1.807) is 36.4 Å². The van der Waals surface area contributed by atoms with Gasteiger partial charge in [0.05, 0.1) is 0 Å². The third-order valence-electron chi connectivity index (χ3n) is 9.21. The molecule has 0 amide bonds. The minimum absolute atomic E-state index is 0. The summed E-state index contributed by atoms with van der Waals surface area (Å²) >= 11 is 0. The molecule has 6 aromatic rings. The van der Waals surface area contributed by atoms with Gasteiger partial charge >= 0.3 is 102 Å². The zero-order valence-electron chi connectivity index (χ0n) is 40.0. The summed E-state index contributed by atoms with van der Waals surface area (Å²) < 4.78 is 0. The monoisotopic (exact) mass is 1280 g/mol. The predicted octanol–water partition coefficient (Wildman–Crippen LogP) is 15.6. The maximum absolute atomic E-state index is 8.02. The summed E-state index contributed by atoms with van der Waals surface area (Å²) in [6.07, 6.45) is 0. The average Bonchev–Trinajstić information content (AvgIpc) is 3.41. The Morgan fingerprint density at radius 1 is 0.263 bits per heavy atom. The van der Waals surface area contributed by atoms with Crippen LogP contribution < -0.4 is 33.6 Å². The number of nitrogens with zero attached hydrogens (tertiary/aromatic N) is 12. The van der Waals surface area contributed by atoms with Crippen molar-refractivity contribution in [2.75, 3.05) is 39.3 Å². The molecule has 6 rings (SSSR count). The second-order valence-corrected chi connectivity index (χ2v) is 14.6. The fraction of sp³-hybridized carbons (Fsp3) is 0.217. The van der Waals surface area contributed by atoms with Crippen molar-refractivity contribution >= 4 is 68.2 Å². The molecule has 0 aliphatic carbocycles. The molecule has 0 atom stereocenters. The summed E-state index contributed by atoms with van der Waals surface area (Å²) in [7, 11) is 0. The van der Waals surface area contributed by atoms with Crippen LogP contribution in [0.15, 0.2) is 146 Å². The van der Waals surface area contributed by atoms with E-state index in [0.717, 1.165) is 0 Å². The Bertz CT molecular complexity index is 1950. The van der Waals surface area contributed by atoms with Gasteiger partial charge in [0.1, 0.15) is 33.6 Å². The number of hydrogen-bond donors (Lipinski definition) is 0. The van der Waals surface area contributed by atoms with Crippen molar-refractivity contribution < 1.29 is 102 Å². The van der Waals surface area contributed by atoms with Gasteiger partial charge in [-0.2, -0.15) is 68.2 Å². The second kappa shape index (κ2) is 52.1. The molecule has 0 aliphatic heterocycles. The smallest absolute Gasteiger partial charge is 0.700 e. The van der Waals surface area contributed by atoms with E-state index in [-0.39, 0.29) is 102 Å². The third kappa shape index (κ3) is 32.8. The van der Waals surface area contributed by atoms with Crippen LogP contribution in [0.1, 0.15) is 13.8 Å². The SMILES string of the molecule is CC(C[N-]c1ccccc1[NH-])(C[N-]c1ccccc1[NH-])C[N-]c1ccccc1[NH-].CC(C[N-]c1ccccc1[NH-])(C[N-]c1ccccc1[NH-])C[N-]c1ccccc1[NH-].[Fe+2].[Fe+2].[Fe+2].[Fe+2].[Fe+2].[Fe+2].[N]=O.[N]=O.[N]=O.[N]=O.[N]=O.[N]=O. The number of para-hydroxylation sites is 6. The van der Waals surface area contributed by atoms with E-state index in [2.05, 4.69) is 45.7 Å². The molecule has 6 aromatic carbocycles. The van der Waals surface area contributed by atoms with Crippen LogP contribution in [0.2, 0.25) is 0 Å². The van der Waals surface area contributed by atoms with E-state index in [1.807, 2.05) is 109 Å². The zero-order valence-corrected chi connectivity index (χ0v) is 46.7. The van der Waals surface area contributed by atoms with Gasteiger partial charge in [0.15, 0.2) is 0 Å². The normalized spacial score (nSPS) is 8.76. The van der Waals surface area contributed by atoms with E-state index in [0.29, 0.717) is 108 Å². The van der Waals surface area contributed by atoms with Crippen LogP contribution in [0.5, 0.6) is 0 Å². The Hall–Kier alpha value is -6.36. The molecule has 30 heteroatoms. The Morgan fingerprint density at radius 3 is 0.474 bits per heavy atom. The van der Waals surface area contributed by atoms with Crippen LogP contribution in [0.4, 0.5) is 68.2 Å². The van der Waals surface area contributed by atoms with Crippen molar-refractivity contribution in [3.05, 3.63) is 241 Å². The Morgan fingerprint density at radius 2 is 0.368 bits per heavy atom. The minimum Gasteiger partial charge on any atom is -0.700 e. The number of rotatable bonds is 18. The van der Waals surface area contributed by atoms with Crippen molar-refractivity contribution in [2.45, 2.75) is 13.8 Å². The summed E-state index contributed by atoms with van der Waals surface area (Å²) in [5.74, 6) is 0. The van der Waals surface area contributed by atoms with Crippen LogP contribution >= 0.6 is 0 Å². The van der Waals surface area contributed by atoms with Crippen molar-refractivity contribution in [2.24, 2.45) is 10.8 Å². The summed E-state index contributed by atoms with van der Waals surface area (Å²) in [4.78, 5) is 43.5. The first-order chi connectivity index (χ1) is 33.9. The van der Waals surface area contributed by atoms with Crippen molar-refractivity contribution in [3.8, 4) is 0 Å². The molecule has 0 bridgehead atoms. The van der Waals surface area contributed by atoms with E-state index in [4.69, 9.17) is 97.4 Å². The molecule has 6 N–H and O–H groups in total. The Labute approximate surface area is 505 Å². The third-order valence-corrected chi connectivity index (χ3v) is 9.21. The molecule has 0 saturated carbocycles. The zero-order chi connectivity index (χ0) is 53.4. The summed E-state index contributed by atoms with van der Waals surface area (Å²) in [6, 6.07) is 43.4. The topological polar surface area (TPSA) is 464 Å². The molecule has 0 spiro atoms. The maximum atomic E-state index is 8.02. The van der Waals surface area contributed by atoms with Crippen LogP contribution in [-0.4, -0.2) is 39.3 Å². The summed E-state index contributed by atoms with van der Waals surface area (Å²) in [6.45, 7) is 6.75. The molecule has 0 unspecified atom stereocenters. The van der Waals surface area contributed by atoms with Crippen molar-refractivity contribution in [3.63, 3.8) is 0 Å². The van der Waals surface area contributed by atoms with Gasteiger partial charge in [0.25, 0.3) is 0 Å². The quantitative estimate of drug-likeness (QED) is 0.0752. The average molecular weight is 1280 g/mol. The van der Waals surface area contributed by atoms with Gasteiger partial charge in [0, 0.05) is 0 Å². The van der Waals surface area contributed by atoms with Gasteiger partial charge in [-0.05, 0) is 0 Å². The van der Waals surface area contributed by atoms with Gasteiger partial charge in [0.2, 0.25) is 0 Å². The van der Waals surface area contributed by atoms with Gasteiger partial charge in [-0.1, -0.05) is 170 Å². The molecule has 406 valence electrons. The van der Waals surface area contributed by atoms with Gasteiger partial charge in [-0.15, -0.1) is 68.7 Å². The molecule has 6 radical (unpaired) electrons. The molecule has 0 heterocycles. The first-order valence-electron chi connectivity index (χ1n) is 19.9. The standard InChI is InChI=1S/2C23H24N6.6Fe.6NO/c2*1-23(14-27-20-11-5-2-8-17(20)24,15-28-21-12-6-3-9-18(21)25)16-29-22-13-7-4-10-19(22)26;;;;;;;6*1-2/h2*2-13,24-26H,14-16H2,1H3;;;;;;;;;;;;/q2*-6;6*+2;;;;;;.